The molecule has 1 aliphatic heterocycles. The zero-order valence-corrected chi connectivity index (χ0v) is 13.0. The summed E-state index contributed by atoms with van der Waals surface area (Å²) in [4.78, 5) is 6.53. The molecule has 8 nitrogen and oxygen atoms in total. The molecule has 0 saturated carbocycles. The van der Waals surface area contributed by atoms with Gasteiger partial charge in [-0.05, 0) is 19.8 Å². The predicted octanol–water partition coefficient (Wildman–Crippen LogP) is -0.580. The molecule has 0 aliphatic carbocycles. The molecule has 0 amide bonds. The van der Waals surface area contributed by atoms with E-state index in [9.17, 15) is 16.8 Å². The first-order valence-corrected chi connectivity index (χ1v) is 9.51. The van der Waals surface area contributed by atoms with Crippen molar-refractivity contribution < 1.29 is 16.8 Å². The summed E-state index contributed by atoms with van der Waals surface area (Å²) < 4.78 is 50.8. The minimum absolute atomic E-state index is 0.0283. The molecule has 0 spiro atoms. The van der Waals surface area contributed by atoms with Crippen LogP contribution in [-0.2, 0) is 20.0 Å². The van der Waals surface area contributed by atoms with Crippen LogP contribution in [0.4, 0.5) is 0 Å². The first kappa shape index (κ1) is 15.4. The number of aryl methyl sites for hydroxylation is 1. The van der Waals surface area contributed by atoms with E-state index in [-0.39, 0.29) is 11.1 Å². The van der Waals surface area contributed by atoms with E-state index in [2.05, 4.69) is 14.7 Å². The Balaban J connectivity index is 1.99. The van der Waals surface area contributed by atoms with Gasteiger partial charge in [0.1, 0.15) is 5.82 Å². The predicted molar refractivity (Wildman–Crippen MR) is 73.1 cm³/mol. The number of rotatable bonds is 4. The molecule has 2 rings (SSSR count). The summed E-state index contributed by atoms with van der Waals surface area (Å²) in [6.07, 6.45) is 3.34. The normalized spacial score (nSPS) is 19.3. The third-order valence-corrected chi connectivity index (χ3v) is 5.95. The van der Waals surface area contributed by atoms with Crippen molar-refractivity contribution in [3.05, 3.63) is 12.0 Å². The number of H-pyrrole nitrogens is 1. The van der Waals surface area contributed by atoms with Gasteiger partial charge in [-0.25, -0.2) is 30.8 Å². The van der Waals surface area contributed by atoms with Gasteiger partial charge >= 0.3 is 0 Å². The van der Waals surface area contributed by atoms with Crippen LogP contribution in [-0.4, -0.2) is 56.5 Å². The molecule has 1 fully saturated rings. The summed E-state index contributed by atoms with van der Waals surface area (Å²) in [6.45, 7) is 2.33. The average Bonchev–Trinajstić information content (AvgIpc) is 2.76. The molecular formula is C10H18N4O4S2. The second-order valence-electron chi connectivity index (χ2n) is 4.89. The lowest BCUT2D eigenvalue weighted by molar-refractivity contribution is 0.310. The Labute approximate surface area is 118 Å². The number of imidazole rings is 1. The molecule has 0 aromatic carbocycles. The van der Waals surface area contributed by atoms with Gasteiger partial charge in [0.15, 0.2) is 5.03 Å². The third kappa shape index (κ3) is 3.57. The van der Waals surface area contributed by atoms with E-state index < -0.39 is 20.0 Å². The smallest absolute Gasteiger partial charge is 0.257 e. The van der Waals surface area contributed by atoms with Crippen LogP contribution in [0, 0.1) is 6.92 Å². The summed E-state index contributed by atoms with van der Waals surface area (Å²) in [5.74, 6) is 0.525. The largest absolute Gasteiger partial charge is 0.332 e. The summed E-state index contributed by atoms with van der Waals surface area (Å²) in [5, 5.41) is 0.0283. The topological polar surface area (TPSA) is 112 Å². The van der Waals surface area contributed by atoms with Gasteiger partial charge in [0.25, 0.3) is 10.0 Å². The average molecular weight is 322 g/mol. The SMILES string of the molecule is Cc1ncc(S(=O)(=O)NC2CCN(S(C)(=O)=O)CC2)[nH]1. The van der Waals surface area contributed by atoms with Crippen LogP contribution < -0.4 is 4.72 Å². The highest BCUT2D eigenvalue weighted by Gasteiger charge is 2.28. The Morgan fingerprint density at radius 1 is 1.30 bits per heavy atom. The first-order valence-electron chi connectivity index (χ1n) is 6.17. The van der Waals surface area contributed by atoms with Crippen molar-refractivity contribution in [2.75, 3.05) is 19.3 Å². The maximum Gasteiger partial charge on any atom is 0.257 e. The molecule has 1 aliphatic rings. The molecule has 1 saturated heterocycles. The molecule has 2 N–H and O–H groups in total. The van der Waals surface area contributed by atoms with Gasteiger partial charge in [0.05, 0.1) is 12.5 Å². The second-order valence-corrected chi connectivity index (χ2v) is 8.56. The summed E-state index contributed by atoms with van der Waals surface area (Å²) in [7, 11) is -6.83. The summed E-state index contributed by atoms with van der Waals surface area (Å²) in [5.41, 5.74) is 0. The van der Waals surface area contributed by atoms with Gasteiger partial charge in [0, 0.05) is 19.1 Å². The lowest BCUT2D eigenvalue weighted by Crippen LogP contribution is -2.46. The number of sulfonamides is 2. The zero-order chi connectivity index (χ0) is 15.0. The molecule has 10 heteroatoms. The fraction of sp³-hybridized carbons (Fsp3) is 0.700. The lowest BCUT2D eigenvalue weighted by atomic mass is 10.1. The van der Waals surface area contributed by atoms with E-state index in [0.717, 1.165) is 6.26 Å². The minimum atomic E-state index is -3.63. The number of piperidine rings is 1. The van der Waals surface area contributed by atoms with Crippen molar-refractivity contribution in [3.63, 3.8) is 0 Å². The van der Waals surface area contributed by atoms with Crippen molar-refractivity contribution in [2.24, 2.45) is 0 Å². The molecule has 0 atom stereocenters. The molecule has 114 valence electrons. The maximum absolute atomic E-state index is 12.1. The van der Waals surface area contributed by atoms with Crippen LogP contribution in [0.5, 0.6) is 0 Å². The highest BCUT2D eigenvalue weighted by atomic mass is 32.2. The Morgan fingerprint density at radius 2 is 1.90 bits per heavy atom. The Hall–Kier alpha value is -0.970. The van der Waals surface area contributed by atoms with E-state index in [1.54, 1.807) is 6.92 Å². The van der Waals surface area contributed by atoms with Gasteiger partial charge < -0.3 is 4.98 Å². The molecule has 0 unspecified atom stereocenters. The summed E-state index contributed by atoms with van der Waals surface area (Å²) >= 11 is 0. The molecule has 20 heavy (non-hydrogen) atoms. The quantitative estimate of drug-likeness (QED) is 0.770. The number of aromatic amines is 1. The van der Waals surface area contributed by atoms with Gasteiger partial charge in [-0.1, -0.05) is 0 Å². The molecule has 1 aromatic heterocycles. The number of hydrogen-bond acceptors (Lipinski definition) is 5. The number of nitrogens with zero attached hydrogens (tertiary/aromatic N) is 2. The van der Waals surface area contributed by atoms with Crippen LogP contribution in [0.15, 0.2) is 11.2 Å². The van der Waals surface area contributed by atoms with Crippen LogP contribution in [0.25, 0.3) is 0 Å². The Morgan fingerprint density at radius 3 is 2.35 bits per heavy atom. The van der Waals surface area contributed by atoms with Crippen molar-refractivity contribution in [3.8, 4) is 0 Å². The van der Waals surface area contributed by atoms with Crippen LogP contribution in [0.1, 0.15) is 18.7 Å². The van der Waals surface area contributed by atoms with Crippen molar-refractivity contribution in [2.45, 2.75) is 30.8 Å². The standard InChI is InChI=1S/C10H18N4O4S2/c1-8-11-7-10(12-8)20(17,18)13-9-3-5-14(6-4-9)19(2,15)16/h7,9,13H,3-6H2,1-2H3,(H,11,12). The third-order valence-electron chi connectivity index (χ3n) is 3.21. The molecular weight excluding hydrogens is 304 g/mol. The highest BCUT2D eigenvalue weighted by Crippen LogP contribution is 2.15. The van der Waals surface area contributed by atoms with E-state index in [1.165, 1.54) is 10.5 Å². The van der Waals surface area contributed by atoms with Gasteiger partial charge in [0.2, 0.25) is 10.0 Å². The number of aromatic nitrogens is 2. The van der Waals surface area contributed by atoms with Crippen LogP contribution in [0.3, 0.4) is 0 Å². The van der Waals surface area contributed by atoms with E-state index in [4.69, 9.17) is 0 Å². The van der Waals surface area contributed by atoms with Crippen LogP contribution in [0.2, 0.25) is 0 Å². The van der Waals surface area contributed by atoms with Crippen molar-refractivity contribution in [1.29, 1.82) is 0 Å². The minimum Gasteiger partial charge on any atom is -0.332 e. The van der Waals surface area contributed by atoms with Gasteiger partial charge in [-0.3, -0.25) is 0 Å². The molecule has 2 heterocycles. The second kappa shape index (κ2) is 5.43. The summed E-state index contributed by atoms with van der Waals surface area (Å²) in [6, 6.07) is -0.262. The Bertz CT molecular complexity index is 672. The maximum atomic E-state index is 12.1. The molecule has 0 bridgehead atoms. The number of nitrogens with one attached hydrogen (secondary N) is 2. The van der Waals surface area contributed by atoms with E-state index in [1.807, 2.05) is 0 Å². The molecule has 1 aromatic rings. The fourth-order valence-corrected chi connectivity index (χ4v) is 4.27. The van der Waals surface area contributed by atoms with Crippen molar-refractivity contribution in [1.82, 2.24) is 19.0 Å². The van der Waals surface area contributed by atoms with Gasteiger partial charge in [-0.15, -0.1) is 0 Å². The lowest BCUT2D eigenvalue weighted by Gasteiger charge is -2.30. The zero-order valence-electron chi connectivity index (χ0n) is 11.3. The van der Waals surface area contributed by atoms with E-state index in [0.29, 0.717) is 31.8 Å². The number of hydrogen-bond donors (Lipinski definition) is 2. The van der Waals surface area contributed by atoms with E-state index >= 15 is 0 Å². The fourth-order valence-electron chi connectivity index (χ4n) is 2.12. The van der Waals surface area contributed by atoms with Gasteiger partial charge in [-0.2, -0.15) is 0 Å². The molecule has 0 radical (unpaired) electrons. The first-order chi connectivity index (χ1) is 9.18. The van der Waals surface area contributed by atoms with Crippen LogP contribution >= 0.6 is 0 Å². The Kier molecular flexibility index (Phi) is 4.19. The highest BCUT2D eigenvalue weighted by molar-refractivity contribution is 7.89. The monoisotopic (exact) mass is 322 g/mol. The van der Waals surface area contributed by atoms with Crippen molar-refractivity contribution >= 4 is 20.0 Å².